The first kappa shape index (κ1) is 15.4. The number of ether oxygens (including phenoxy) is 1. The van der Waals surface area contributed by atoms with E-state index in [-0.39, 0.29) is 5.92 Å². The van der Waals surface area contributed by atoms with Crippen LogP contribution in [0.3, 0.4) is 0 Å². The lowest BCUT2D eigenvalue weighted by molar-refractivity contribution is 0.0626. The normalized spacial score (nSPS) is 19.4. The van der Waals surface area contributed by atoms with Crippen molar-refractivity contribution in [3.8, 4) is 0 Å². The van der Waals surface area contributed by atoms with Crippen LogP contribution in [0.25, 0.3) is 6.08 Å². The highest BCUT2D eigenvalue weighted by atomic mass is 16.5. The molecule has 3 nitrogen and oxygen atoms in total. The fourth-order valence-electron chi connectivity index (χ4n) is 2.47. The standard InChI is InChI=1S/C18H23NO2/c1-13(2)17-16(21-4)12-15(19(3)18(17)20)11-10-14-8-6-5-7-9-14/h5-13,18,20H,1-4H3/b11-10+. The van der Waals surface area contributed by atoms with E-state index < -0.39 is 6.23 Å². The fraction of sp³-hybridized carbons (Fsp3) is 0.333. The second kappa shape index (κ2) is 6.64. The van der Waals surface area contributed by atoms with E-state index in [9.17, 15) is 5.11 Å². The largest absolute Gasteiger partial charge is 0.497 e. The van der Waals surface area contributed by atoms with E-state index in [1.165, 1.54) is 0 Å². The molecule has 0 saturated carbocycles. The van der Waals surface area contributed by atoms with E-state index in [1.54, 1.807) is 7.11 Å². The van der Waals surface area contributed by atoms with Crippen LogP contribution >= 0.6 is 0 Å². The van der Waals surface area contributed by atoms with Crippen LogP contribution in [0.2, 0.25) is 0 Å². The summed E-state index contributed by atoms with van der Waals surface area (Å²) in [6.45, 7) is 4.12. The molecule has 0 radical (unpaired) electrons. The maximum Gasteiger partial charge on any atom is 0.153 e. The van der Waals surface area contributed by atoms with Gasteiger partial charge in [-0.2, -0.15) is 0 Å². The van der Waals surface area contributed by atoms with Crippen LogP contribution in [0.1, 0.15) is 19.4 Å². The monoisotopic (exact) mass is 285 g/mol. The van der Waals surface area contributed by atoms with Gasteiger partial charge in [-0.15, -0.1) is 0 Å². The van der Waals surface area contributed by atoms with Crippen LogP contribution in [0.4, 0.5) is 0 Å². The lowest BCUT2D eigenvalue weighted by atomic mass is 9.96. The molecule has 0 amide bonds. The lowest BCUT2D eigenvalue weighted by Gasteiger charge is -2.34. The first-order valence-corrected chi connectivity index (χ1v) is 7.18. The van der Waals surface area contributed by atoms with Crippen molar-refractivity contribution in [1.29, 1.82) is 0 Å². The Kier molecular flexibility index (Phi) is 4.86. The highest BCUT2D eigenvalue weighted by molar-refractivity contribution is 5.54. The Morgan fingerprint density at radius 2 is 1.86 bits per heavy atom. The molecule has 1 unspecified atom stereocenters. The predicted octanol–water partition coefficient (Wildman–Crippen LogP) is 3.40. The average molecular weight is 285 g/mol. The molecule has 0 aromatic heterocycles. The molecule has 1 aromatic rings. The Morgan fingerprint density at radius 1 is 1.19 bits per heavy atom. The van der Waals surface area contributed by atoms with Crippen LogP contribution in [0, 0.1) is 5.92 Å². The van der Waals surface area contributed by atoms with Gasteiger partial charge in [0.25, 0.3) is 0 Å². The molecule has 0 spiro atoms. The van der Waals surface area contributed by atoms with E-state index in [0.29, 0.717) is 0 Å². The topological polar surface area (TPSA) is 32.7 Å². The third kappa shape index (κ3) is 3.37. The SMILES string of the molecule is COC1=C(C(C)C)C(O)N(C)C(/C=C/c2ccccc2)=C1. The van der Waals surface area contributed by atoms with Crippen molar-refractivity contribution in [2.45, 2.75) is 20.1 Å². The zero-order valence-electron chi connectivity index (χ0n) is 13.1. The zero-order valence-corrected chi connectivity index (χ0v) is 13.1. The minimum atomic E-state index is -0.652. The number of rotatable bonds is 4. The second-order valence-corrected chi connectivity index (χ2v) is 5.48. The van der Waals surface area contributed by atoms with Crippen molar-refractivity contribution in [1.82, 2.24) is 4.90 Å². The van der Waals surface area contributed by atoms with E-state index in [0.717, 1.165) is 22.6 Å². The highest BCUT2D eigenvalue weighted by Gasteiger charge is 2.28. The van der Waals surface area contributed by atoms with Crippen molar-refractivity contribution < 1.29 is 9.84 Å². The molecule has 0 fully saturated rings. The Labute approximate surface area is 126 Å². The van der Waals surface area contributed by atoms with Gasteiger partial charge in [0.05, 0.1) is 7.11 Å². The first-order valence-electron chi connectivity index (χ1n) is 7.18. The molecule has 1 atom stereocenters. The summed E-state index contributed by atoms with van der Waals surface area (Å²) in [5, 5.41) is 10.5. The maximum atomic E-state index is 10.5. The van der Waals surface area contributed by atoms with Crippen molar-refractivity contribution >= 4 is 6.08 Å². The molecule has 0 saturated heterocycles. The van der Waals surface area contributed by atoms with E-state index in [2.05, 4.69) is 13.8 Å². The molecule has 1 heterocycles. The quantitative estimate of drug-likeness (QED) is 0.920. The lowest BCUT2D eigenvalue weighted by Crippen LogP contribution is -2.37. The molecule has 2 rings (SSSR count). The number of methoxy groups -OCH3 is 1. The van der Waals surface area contributed by atoms with Gasteiger partial charge in [0.2, 0.25) is 0 Å². The average Bonchev–Trinajstić information content (AvgIpc) is 2.49. The summed E-state index contributed by atoms with van der Waals surface area (Å²) in [5.74, 6) is 0.983. The number of hydrogen-bond acceptors (Lipinski definition) is 3. The van der Waals surface area contributed by atoms with Crippen molar-refractivity contribution in [2.24, 2.45) is 5.92 Å². The minimum absolute atomic E-state index is 0.230. The van der Waals surface area contributed by atoms with Crippen LogP contribution < -0.4 is 0 Å². The molecule has 0 bridgehead atoms. The number of aliphatic hydroxyl groups excluding tert-OH is 1. The number of allylic oxidation sites excluding steroid dienone is 2. The summed E-state index contributed by atoms with van der Waals surface area (Å²) in [6.07, 6.45) is 5.35. The summed E-state index contributed by atoms with van der Waals surface area (Å²) >= 11 is 0. The summed E-state index contributed by atoms with van der Waals surface area (Å²) in [7, 11) is 3.53. The van der Waals surface area contributed by atoms with E-state index >= 15 is 0 Å². The van der Waals surface area contributed by atoms with Gasteiger partial charge in [-0.3, -0.25) is 0 Å². The van der Waals surface area contributed by atoms with Gasteiger partial charge in [0.15, 0.2) is 6.23 Å². The molecule has 1 aromatic carbocycles. The Morgan fingerprint density at radius 3 is 2.43 bits per heavy atom. The Bertz CT molecular complexity index is 570. The van der Waals surface area contributed by atoms with Gasteiger partial charge >= 0.3 is 0 Å². The molecule has 112 valence electrons. The molecule has 21 heavy (non-hydrogen) atoms. The minimum Gasteiger partial charge on any atom is -0.497 e. The molecular formula is C18H23NO2. The van der Waals surface area contributed by atoms with Gasteiger partial charge in [-0.1, -0.05) is 50.3 Å². The summed E-state index contributed by atoms with van der Waals surface area (Å²) < 4.78 is 5.45. The van der Waals surface area contributed by atoms with Gasteiger partial charge in [-0.05, 0) is 17.6 Å². The van der Waals surface area contributed by atoms with Crippen molar-refractivity contribution in [2.75, 3.05) is 14.2 Å². The predicted molar refractivity (Wildman–Crippen MR) is 86.2 cm³/mol. The number of likely N-dealkylation sites (N-methyl/N-ethyl adjacent to an activating group) is 1. The van der Waals surface area contributed by atoms with E-state index in [4.69, 9.17) is 4.74 Å². The summed E-state index contributed by atoms with van der Waals surface area (Å²) in [6, 6.07) is 10.1. The number of benzene rings is 1. The molecule has 0 aliphatic carbocycles. The zero-order chi connectivity index (χ0) is 15.4. The van der Waals surface area contributed by atoms with Crippen LogP contribution in [0.15, 0.2) is 59.5 Å². The van der Waals surface area contributed by atoms with Crippen molar-refractivity contribution in [3.63, 3.8) is 0 Å². The van der Waals surface area contributed by atoms with Gasteiger partial charge in [0, 0.05) is 24.4 Å². The van der Waals surface area contributed by atoms with Crippen LogP contribution in [-0.4, -0.2) is 30.4 Å². The van der Waals surface area contributed by atoms with Crippen LogP contribution in [0.5, 0.6) is 0 Å². The fourth-order valence-corrected chi connectivity index (χ4v) is 2.47. The maximum absolute atomic E-state index is 10.5. The molecule has 1 aliphatic rings. The van der Waals surface area contributed by atoms with Crippen LogP contribution in [-0.2, 0) is 4.74 Å². The Balaban J connectivity index is 2.33. The number of hydrogen-bond donors (Lipinski definition) is 1. The van der Waals surface area contributed by atoms with Crippen molar-refractivity contribution in [3.05, 3.63) is 65.1 Å². The third-order valence-corrected chi connectivity index (χ3v) is 3.70. The first-order chi connectivity index (χ1) is 10.0. The van der Waals surface area contributed by atoms with Gasteiger partial charge < -0.3 is 14.7 Å². The smallest absolute Gasteiger partial charge is 0.153 e. The molecular weight excluding hydrogens is 262 g/mol. The van der Waals surface area contributed by atoms with Gasteiger partial charge in [0.1, 0.15) is 5.76 Å². The Hall–Kier alpha value is -2.00. The second-order valence-electron chi connectivity index (χ2n) is 5.48. The summed E-state index contributed by atoms with van der Waals surface area (Å²) in [5.41, 5.74) is 2.96. The number of aliphatic hydroxyl groups is 1. The molecule has 1 N–H and O–H groups in total. The third-order valence-electron chi connectivity index (χ3n) is 3.70. The highest BCUT2D eigenvalue weighted by Crippen LogP contribution is 2.30. The molecule has 1 aliphatic heterocycles. The summed E-state index contributed by atoms with van der Waals surface area (Å²) in [4.78, 5) is 1.86. The number of nitrogens with zero attached hydrogens (tertiary/aromatic N) is 1. The van der Waals surface area contributed by atoms with Gasteiger partial charge in [-0.25, -0.2) is 0 Å². The molecule has 3 heteroatoms. The van der Waals surface area contributed by atoms with E-state index in [1.807, 2.05) is 60.5 Å².